The Bertz CT molecular complexity index is 422. The number of carbonyl (C=O) groups is 1. The Morgan fingerprint density at radius 2 is 2.44 bits per heavy atom. The fourth-order valence-corrected chi connectivity index (χ4v) is 2.03. The SMILES string of the molecule is CCNC(=O)N1CCC(Oc2cccc(C)n2)C1. The predicted octanol–water partition coefficient (Wildman–Crippen LogP) is 1.57. The number of amides is 2. The van der Waals surface area contributed by atoms with Crippen molar-refractivity contribution in [1.29, 1.82) is 0 Å². The molecule has 0 spiro atoms. The number of aryl methyl sites for hydroxylation is 1. The summed E-state index contributed by atoms with van der Waals surface area (Å²) in [6, 6.07) is 5.69. The fraction of sp³-hybridized carbons (Fsp3) is 0.538. The van der Waals surface area contributed by atoms with Gasteiger partial charge in [0.15, 0.2) is 0 Å². The highest BCUT2D eigenvalue weighted by molar-refractivity contribution is 5.74. The number of aromatic nitrogens is 1. The Labute approximate surface area is 107 Å². The largest absolute Gasteiger partial charge is 0.472 e. The number of carbonyl (C=O) groups excluding carboxylic acids is 1. The molecule has 0 bridgehead atoms. The summed E-state index contributed by atoms with van der Waals surface area (Å²) in [7, 11) is 0. The molecule has 98 valence electrons. The first kappa shape index (κ1) is 12.7. The van der Waals surface area contributed by atoms with Crippen molar-refractivity contribution in [2.24, 2.45) is 0 Å². The fourth-order valence-electron chi connectivity index (χ4n) is 2.03. The first-order valence-corrected chi connectivity index (χ1v) is 6.32. The highest BCUT2D eigenvalue weighted by atomic mass is 16.5. The normalized spacial score (nSPS) is 18.8. The lowest BCUT2D eigenvalue weighted by molar-refractivity contribution is 0.183. The van der Waals surface area contributed by atoms with E-state index >= 15 is 0 Å². The average molecular weight is 249 g/mol. The minimum atomic E-state index is -0.0131. The predicted molar refractivity (Wildman–Crippen MR) is 68.7 cm³/mol. The number of urea groups is 1. The summed E-state index contributed by atoms with van der Waals surface area (Å²) in [6.45, 7) is 5.87. The molecule has 1 aromatic rings. The molecule has 0 saturated carbocycles. The maximum absolute atomic E-state index is 11.6. The Kier molecular flexibility index (Phi) is 4.02. The van der Waals surface area contributed by atoms with E-state index in [1.807, 2.05) is 32.0 Å². The van der Waals surface area contributed by atoms with Gasteiger partial charge in [0.1, 0.15) is 6.10 Å². The summed E-state index contributed by atoms with van der Waals surface area (Å²) < 4.78 is 5.78. The number of likely N-dealkylation sites (tertiary alicyclic amines) is 1. The van der Waals surface area contributed by atoms with Crippen LogP contribution in [0.4, 0.5) is 4.79 Å². The van der Waals surface area contributed by atoms with E-state index in [0.717, 1.165) is 18.7 Å². The van der Waals surface area contributed by atoms with Crippen LogP contribution in [0.5, 0.6) is 5.88 Å². The minimum absolute atomic E-state index is 0.0131. The Balaban J connectivity index is 1.88. The molecule has 1 saturated heterocycles. The molecule has 2 heterocycles. The second-order valence-corrected chi connectivity index (χ2v) is 4.43. The summed E-state index contributed by atoms with van der Waals surface area (Å²) in [5, 5.41) is 2.80. The molecule has 2 amide bonds. The van der Waals surface area contributed by atoms with Crippen LogP contribution in [0, 0.1) is 6.92 Å². The lowest BCUT2D eigenvalue weighted by Crippen LogP contribution is -2.39. The Morgan fingerprint density at radius 1 is 1.61 bits per heavy atom. The molecule has 18 heavy (non-hydrogen) atoms. The van der Waals surface area contributed by atoms with Gasteiger partial charge < -0.3 is 15.0 Å². The molecule has 0 aliphatic carbocycles. The van der Waals surface area contributed by atoms with Gasteiger partial charge in [0.05, 0.1) is 6.54 Å². The minimum Gasteiger partial charge on any atom is -0.472 e. The molecule has 0 aromatic carbocycles. The van der Waals surface area contributed by atoms with Gasteiger partial charge in [-0.05, 0) is 19.9 Å². The van der Waals surface area contributed by atoms with Crippen LogP contribution < -0.4 is 10.1 Å². The molecule has 1 unspecified atom stereocenters. The topological polar surface area (TPSA) is 54.5 Å². The molecule has 1 aliphatic rings. The van der Waals surface area contributed by atoms with E-state index in [2.05, 4.69) is 10.3 Å². The molecule has 1 fully saturated rings. The molecular weight excluding hydrogens is 230 g/mol. The molecule has 1 N–H and O–H groups in total. The van der Waals surface area contributed by atoms with Gasteiger partial charge in [-0.15, -0.1) is 0 Å². The van der Waals surface area contributed by atoms with Gasteiger partial charge in [0, 0.05) is 31.3 Å². The van der Waals surface area contributed by atoms with Crippen LogP contribution in [0.25, 0.3) is 0 Å². The van der Waals surface area contributed by atoms with Crippen molar-refractivity contribution in [3.63, 3.8) is 0 Å². The van der Waals surface area contributed by atoms with E-state index in [1.54, 1.807) is 4.90 Å². The van der Waals surface area contributed by atoms with E-state index < -0.39 is 0 Å². The van der Waals surface area contributed by atoms with Crippen LogP contribution in [0.1, 0.15) is 19.0 Å². The molecule has 1 atom stereocenters. The van der Waals surface area contributed by atoms with Crippen molar-refractivity contribution in [1.82, 2.24) is 15.2 Å². The lowest BCUT2D eigenvalue weighted by Gasteiger charge is -2.17. The van der Waals surface area contributed by atoms with Crippen LogP contribution >= 0.6 is 0 Å². The van der Waals surface area contributed by atoms with Crippen molar-refractivity contribution in [3.05, 3.63) is 23.9 Å². The van der Waals surface area contributed by atoms with Crippen LogP contribution in [0.3, 0.4) is 0 Å². The van der Waals surface area contributed by atoms with Crippen LogP contribution in [-0.4, -0.2) is 41.7 Å². The van der Waals surface area contributed by atoms with Gasteiger partial charge in [-0.2, -0.15) is 0 Å². The van der Waals surface area contributed by atoms with Crippen molar-refractivity contribution in [3.8, 4) is 5.88 Å². The average Bonchev–Trinajstić information content (AvgIpc) is 2.78. The Morgan fingerprint density at radius 3 is 3.17 bits per heavy atom. The second-order valence-electron chi connectivity index (χ2n) is 4.43. The number of rotatable bonds is 3. The van der Waals surface area contributed by atoms with Crippen LogP contribution in [-0.2, 0) is 0 Å². The zero-order chi connectivity index (χ0) is 13.0. The summed E-state index contributed by atoms with van der Waals surface area (Å²) in [4.78, 5) is 17.7. The third-order valence-electron chi connectivity index (χ3n) is 2.91. The van der Waals surface area contributed by atoms with Crippen molar-refractivity contribution >= 4 is 6.03 Å². The zero-order valence-electron chi connectivity index (χ0n) is 10.8. The third kappa shape index (κ3) is 3.12. The van der Waals surface area contributed by atoms with Gasteiger partial charge in [-0.1, -0.05) is 6.07 Å². The van der Waals surface area contributed by atoms with Gasteiger partial charge in [0.2, 0.25) is 5.88 Å². The van der Waals surface area contributed by atoms with E-state index in [9.17, 15) is 4.79 Å². The van der Waals surface area contributed by atoms with Crippen LogP contribution in [0.2, 0.25) is 0 Å². The van der Waals surface area contributed by atoms with E-state index in [0.29, 0.717) is 19.0 Å². The number of pyridine rings is 1. The highest BCUT2D eigenvalue weighted by Gasteiger charge is 2.27. The first-order chi connectivity index (χ1) is 8.69. The molecule has 0 radical (unpaired) electrons. The second kappa shape index (κ2) is 5.71. The molecular formula is C13H19N3O2. The van der Waals surface area contributed by atoms with Gasteiger partial charge in [-0.25, -0.2) is 9.78 Å². The first-order valence-electron chi connectivity index (χ1n) is 6.32. The zero-order valence-corrected chi connectivity index (χ0v) is 10.8. The third-order valence-corrected chi connectivity index (χ3v) is 2.91. The van der Waals surface area contributed by atoms with E-state index in [4.69, 9.17) is 4.74 Å². The maximum atomic E-state index is 11.6. The standard InChI is InChI=1S/C13H19N3O2/c1-3-14-13(17)16-8-7-11(9-16)18-12-6-4-5-10(2)15-12/h4-6,11H,3,7-9H2,1-2H3,(H,14,17). The van der Waals surface area contributed by atoms with Crippen LogP contribution in [0.15, 0.2) is 18.2 Å². The van der Waals surface area contributed by atoms with E-state index in [1.165, 1.54) is 0 Å². The number of nitrogens with one attached hydrogen (secondary N) is 1. The van der Waals surface area contributed by atoms with E-state index in [-0.39, 0.29) is 12.1 Å². The molecule has 2 rings (SSSR count). The molecule has 5 heteroatoms. The van der Waals surface area contributed by atoms with Crippen molar-refractivity contribution < 1.29 is 9.53 Å². The quantitative estimate of drug-likeness (QED) is 0.884. The number of ether oxygens (including phenoxy) is 1. The molecule has 5 nitrogen and oxygen atoms in total. The van der Waals surface area contributed by atoms with Crippen molar-refractivity contribution in [2.75, 3.05) is 19.6 Å². The summed E-state index contributed by atoms with van der Waals surface area (Å²) in [5.74, 6) is 0.637. The maximum Gasteiger partial charge on any atom is 0.317 e. The van der Waals surface area contributed by atoms with Gasteiger partial charge in [-0.3, -0.25) is 0 Å². The summed E-state index contributed by atoms with van der Waals surface area (Å²) in [6.07, 6.45) is 0.897. The number of hydrogen-bond donors (Lipinski definition) is 1. The highest BCUT2D eigenvalue weighted by Crippen LogP contribution is 2.16. The van der Waals surface area contributed by atoms with Gasteiger partial charge in [0.25, 0.3) is 0 Å². The van der Waals surface area contributed by atoms with Gasteiger partial charge >= 0.3 is 6.03 Å². The Hall–Kier alpha value is -1.78. The summed E-state index contributed by atoms with van der Waals surface area (Å²) >= 11 is 0. The smallest absolute Gasteiger partial charge is 0.317 e. The summed E-state index contributed by atoms with van der Waals surface area (Å²) in [5.41, 5.74) is 0.936. The molecule has 1 aromatic heterocycles. The monoisotopic (exact) mass is 249 g/mol. The number of hydrogen-bond acceptors (Lipinski definition) is 3. The lowest BCUT2D eigenvalue weighted by atomic mass is 10.3. The van der Waals surface area contributed by atoms with Crippen molar-refractivity contribution in [2.45, 2.75) is 26.4 Å². The number of nitrogens with zero attached hydrogens (tertiary/aromatic N) is 2. The molecule has 1 aliphatic heterocycles.